The van der Waals surface area contributed by atoms with E-state index in [-0.39, 0.29) is 11.9 Å². The third-order valence-corrected chi connectivity index (χ3v) is 3.65. The van der Waals surface area contributed by atoms with Crippen molar-refractivity contribution < 1.29 is 9.53 Å². The fourth-order valence-electron chi connectivity index (χ4n) is 2.57. The fraction of sp³-hybridized carbons (Fsp3) is 0.375. The van der Waals surface area contributed by atoms with E-state index in [0.29, 0.717) is 18.7 Å². The zero-order valence-corrected chi connectivity index (χ0v) is 11.9. The molecular formula is C16H19N3O2. The van der Waals surface area contributed by atoms with Crippen molar-refractivity contribution in [2.75, 3.05) is 13.2 Å². The van der Waals surface area contributed by atoms with E-state index in [1.54, 1.807) is 6.20 Å². The van der Waals surface area contributed by atoms with Gasteiger partial charge in [0, 0.05) is 24.6 Å². The molecule has 0 spiro atoms. The van der Waals surface area contributed by atoms with Crippen LogP contribution in [0.3, 0.4) is 0 Å². The summed E-state index contributed by atoms with van der Waals surface area (Å²) in [6.07, 6.45) is 5.61. The molecule has 21 heavy (non-hydrogen) atoms. The van der Waals surface area contributed by atoms with Gasteiger partial charge < -0.3 is 10.1 Å². The monoisotopic (exact) mass is 285 g/mol. The molecule has 1 aliphatic heterocycles. The van der Waals surface area contributed by atoms with Crippen LogP contribution in [-0.2, 0) is 11.3 Å². The number of amides is 1. The van der Waals surface area contributed by atoms with Gasteiger partial charge in [-0.05, 0) is 30.5 Å². The van der Waals surface area contributed by atoms with Crippen molar-refractivity contribution in [2.45, 2.75) is 25.4 Å². The molecule has 110 valence electrons. The maximum absolute atomic E-state index is 12.5. The van der Waals surface area contributed by atoms with Gasteiger partial charge in [0.2, 0.25) is 0 Å². The van der Waals surface area contributed by atoms with Crippen LogP contribution in [0.15, 0.2) is 42.7 Å². The summed E-state index contributed by atoms with van der Waals surface area (Å²) in [5.74, 6) is -0.0340. The Morgan fingerprint density at radius 1 is 1.38 bits per heavy atom. The zero-order chi connectivity index (χ0) is 14.5. The molecule has 1 amide bonds. The van der Waals surface area contributed by atoms with Gasteiger partial charge in [0.05, 0.1) is 19.2 Å². The van der Waals surface area contributed by atoms with E-state index in [0.717, 1.165) is 25.0 Å². The first kappa shape index (κ1) is 13.8. The Morgan fingerprint density at radius 2 is 2.29 bits per heavy atom. The van der Waals surface area contributed by atoms with Gasteiger partial charge in [-0.3, -0.25) is 9.48 Å². The highest BCUT2D eigenvalue weighted by Crippen LogP contribution is 2.12. The van der Waals surface area contributed by atoms with Gasteiger partial charge in [0.25, 0.3) is 5.91 Å². The molecule has 0 radical (unpaired) electrons. The molecule has 1 atom stereocenters. The molecule has 1 N–H and O–H groups in total. The first-order chi connectivity index (χ1) is 10.3. The predicted molar refractivity (Wildman–Crippen MR) is 79.1 cm³/mol. The Kier molecular flexibility index (Phi) is 4.31. The molecule has 1 saturated heterocycles. The van der Waals surface area contributed by atoms with Crippen molar-refractivity contribution in [3.8, 4) is 0 Å². The fourth-order valence-corrected chi connectivity index (χ4v) is 2.57. The lowest BCUT2D eigenvalue weighted by atomic mass is 10.1. The molecule has 0 bridgehead atoms. The Balaban J connectivity index is 1.73. The van der Waals surface area contributed by atoms with Crippen LogP contribution in [0.5, 0.6) is 0 Å². The van der Waals surface area contributed by atoms with Crippen LogP contribution in [0.2, 0.25) is 0 Å². The average Bonchev–Trinajstić information content (AvgIpc) is 3.02. The van der Waals surface area contributed by atoms with Crippen molar-refractivity contribution in [1.29, 1.82) is 0 Å². The van der Waals surface area contributed by atoms with Gasteiger partial charge in [-0.25, -0.2) is 0 Å². The molecule has 1 aliphatic rings. The van der Waals surface area contributed by atoms with Crippen molar-refractivity contribution >= 4 is 5.91 Å². The van der Waals surface area contributed by atoms with E-state index in [9.17, 15) is 4.79 Å². The number of ether oxygens (including phenoxy) is 1. The van der Waals surface area contributed by atoms with Gasteiger partial charge in [-0.15, -0.1) is 0 Å². The van der Waals surface area contributed by atoms with Crippen LogP contribution in [0.25, 0.3) is 0 Å². The molecule has 0 saturated carbocycles. The number of hydrogen-bond acceptors (Lipinski definition) is 3. The summed E-state index contributed by atoms with van der Waals surface area (Å²) in [4.78, 5) is 12.5. The molecule has 0 unspecified atom stereocenters. The number of hydrogen-bond donors (Lipinski definition) is 1. The molecule has 5 heteroatoms. The molecular weight excluding hydrogens is 266 g/mol. The topological polar surface area (TPSA) is 56.1 Å². The Bertz CT molecular complexity index is 589. The third kappa shape index (κ3) is 3.49. The van der Waals surface area contributed by atoms with E-state index in [1.165, 1.54) is 0 Å². The molecule has 5 nitrogen and oxygen atoms in total. The Labute approximate surface area is 123 Å². The van der Waals surface area contributed by atoms with E-state index < -0.39 is 0 Å². The lowest BCUT2D eigenvalue weighted by molar-refractivity contribution is 0.0623. The van der Waals surface area contributed by atoms with Crippen molar-refractivity contribution in [3.05, 3.63) is 53.9 Å². The lowest BCUT2D eigenvalue weighted by Gasteiger charge is -2.23. The minimum atomic E-state index is -0.0340. The van der Waals surface area contributed by atoms with Crippen LogP contribution >= 0.6 is 0 Å². The predicted octanol–water partition coefficient (Wildman–Crippen LogP) is 1.84. The molecule has 2 heterocycles. The maximum atomic E-state index is 12.5. The van der Waals surface area contributed by atoms with E-state index in [4.69, 9.17) is 4.74 Å². The van der Waals surface area contributed by atoms with Crippen LogP contribution in [0.4, 0.5) is 0 Å². The molecule has 2 aromatic rings. The lowest BCUT2D eigenvalue weighted by Crippen LogP contribution is -2.41. The maximum Gasteiger partial charge on any atom is 0.251 e. The van der Waals surface area contributed by atoms with Crippen LogP contribution in [-0.4, -0.2) is 34.9 Å². The summed E-state index contributed by atoms with van der Waals surface area (Å²) in [7, 11) is 0. The minimum absolute atomic E-state index is 0.0340. The first-order valence-corrected chi connectivity index (χ1v) is 7.27. The highest BCUT2D eigenvalue weighted by molar-refractivity contribution is 5.95. The van der Waals surface area contributed by atoms with Crippen LogP contribution < -0.4 is 5.32 Å². The van der Waals surface area contributed by atoms with E-state index >= 15 is 0 Å². The van der Waals surface area contributed by atoms with E-state index in [2.05, 4.69) is 10.4 Å². The smallest absolute Gasteiger partial charge is 0.251 e. The zero-order valence-electron chi connectivity index (χ0n) is 11.9. The summed E-state index contributed by atoms with van der Waals surface area (Å²) in [6.45, 7) is 1.99. The van der Waals surface area contributed by atoms with Crippen LogP contribution in [0, 0.1) is 0 Å². The normalized spacial score (nSPS) is 18.4. The number of carbonyl (C=O) groups excluding carboxylic acids is 1. The number of carbonyl (C=O) groups is 1. The number of nitrogens with one attached hydrogen (secondary N) is 1. The van der Waals surface area contributed by atoms with Crippen molar-refractivity contribution in [3.63, 3.8) is 0 Å². The second kappa shape index (κ2) is 6.54. The second-order valence-corrected chi connectivity index (χ2v) is 5.25. The van der Waals surface area contributed by atoms with Gasteiger partial charge in [0.15, 0.2) is 0 Å². The number of benzene rings is 1. The SMILES string of the molecule is O=C(N[C@H]1CCCOC1)c1ccccc1Cn1cccn1. The summed E-state index contributed by atoms with van der Waals surface area (Å²) in [6, 6.07) is 9.65. The summed E-state index contributed by atoms with van der Waals surface area (Å²) in [5, 5.41) is 7.25. The number of aromatic nitrogens is 2. The Hall–Kier alpha value is -2.14. The average molecular weight is 285 g/mol. The molecule has 1 aromatic carbocycles. The molecule has 3 rings (SSSR count). The summed E-state index contributed by atoms with van der Waals surface area (Å²) in [5.41, 5.74) is 1.68. The molecule has 0 aliphatic carbocycles. The van der Waals surface area contributed by atoms with Gasteiger partial charge >= 0.3 is 0 Å². The molecule has 1 fully saturated rings. The summed E-state index contributed by atoms with van der Waals surface area (Å²) < 4.78 is 7.22. The first-order valence-electron chi connectivity index (χ1n) is 7.27. The van der Waals surface area contributed by atoms with Gasteiger partial charge in [-0.2, -0.15) is 5.10 Å². The van der Waals surface area contributed by atoms with Gasteiger partial charge in [-0.1, -0.05) is 18.2 Å². The number of rotatable bonds is 4. The second-order valence-electron chi connectivity index (χ2n) is 5.25. The number of nitrogens with zero attached hydrogens (tertiary/aromatic N) is 2. The largest absolute Gasteiger partial charge is 0.379 e. The third-order valence-electron chi connectivity index (χ3n) is 3.65. The van der Waals surface area contributed by atoms with Crippen molar-refractivity contribution in [1.82, 2.24) is 15.1 Å². The van der Waals surface area contributed by atoms with Gasteiger partial charge in [0.1, 0.15) is 0 Å². The van der Waals surface area contributed by atoms with Crippen LogP contribution in [0.1, 0.15) is 28.8 Å². The highest BCUT2D eigenvalue weighted by Gasteiger charge is 2.18. The standard InChI is InChI=1S/C16H19N3O2/c20-16(18-14-6-3-10-21-12-14)15-7-2-1-5-13(15)11-19-9-4-8-17-19/h1-2,4-5,7-9,14H,3,6,10-12H2,(H,18,20)/t14-/m0/s1. The van der Waals surface area contributed by atoms with Crippen molar-refractivity contribution in [2.24, 2.45) is 0 Å². The highest BCUT2D eigenvalue weighted by atomic mass is 16.5. The molecule has 1 aromatic heterocycles. The quantitative estimate of drug-likeness (QED) is 0.932. The van der Waals surface area contributed by atoms with E-state index in [1.807, 2.05) is 41.2 Å². The minimum Gasteiger partial charge on any atom is -0.379 e. The Morgan fingerprint density at radius 3 is 3.05 bits per heavy atom. The summed E-state index contributed by atoms with van der Waals surface area (Å²) >= 11 is 0.